The van der Waals surface area contributed by atoms with Crippen molar-refractivity contribution >= 4 is 23.2 Å². The lowest BCUT2D eigenvalue weighted by atomic mass is 9.86. The van der Waals surface area contributed by atoms with Crippen molar-refractivity contribution in [2.24, 2.45) is 0 Å². The number of carboxylic acid groups (broad SMARTS) is 1. The number of hydrogen-bond acceptors (Lipinski definition) is 3. The second-order valence-corrected chi connectivity index (χ2v) is 8.02. The maximum atomic E-state index is 14.0. The van der Waals surface area contributed by atoms with E-state index in [1.807, 2.05) is 6.92 Å². The maximum absolute atomic E-state index is 14.0. The van der Waals surface area contributed by atoms with Crippen molar-refractivity contribution in [3.8, 4) is 11.5 Å². The number of carboxylic acids is 1. The fourth-order valence-corrected chi connectivity index (χ4v) is 3.83. The number of halogens is 3. The number of aromatic hydroxyl groups is 2. The molecule has 0 unspecified atom stereocenters. The van der Waals surface area contributed by atoms with Gasteiger partial charge in [0.05, 0.1) is 5.56 Å². The molecule has 3 aromatic rings. The van der Waals surface area contributed by atoms with E-state index in [4.69, 9.17) is 5.11 Å². The number of alkyl halides is 3. The summed E-state index contributed by atoms with van der Waals surface area (Å²) in [6.07, 6.45) is -1.07. The van der Waals surface area contributed by atoms with Crippen LogP contribution in [0.2, 0.25) is 0 Å². The lowest BCUT2D eigenvalue weighted by molar-refractivity contribution is -0.138. The summed E-state index contributed by atoms with van der Waals surface area (Å²) in [7, 11) is 0. The van der Waals surface area contributed by atoms with Crippen molar-refractivity contribution in [3.63, 3.8) is 0 Å². The van der Waals surface area contributed by atoms with Gasteiger partial charge >= 0.3 is 12.1 Å². The average Bonchev–Trinajstić information content (AvgIpc) is 2.81. The van der Waals surface area contributed by atoms with Gasteiger partial charge in [0.15, 0.2) is 0 Å². The van der Waals surface area contributed by atoms with E-state index in [9.17, 15) is 28.2 Å². The van der Waals surface area contributed by atoms with Gasteiger partial charge in [-0.2, -0.15) is 13.2 Å². The Labute approximate surface area is 201 Å². The summed E-state index contributed by atoms with van der Waals surface area (Å²) in [4.78, 5) is 10.9. The van der Waals surface area contributed by atoms with Gasteiger partial charge in [-0.1, -0.05) is 49.7 Å². The fraction of sp³-hybridized carbons (Fsp3) is 0.179. The molecule has 0 saturated heterocycles. The molecule has 0 spiro atoms. The van der Waals surface area contributed by atoms with Gasteiger partial charge in [-0.25, -0.2) is 4.79 Å². The monoisotopic (exact) mass is 482 g/mol. The van der Waals surface area contributed by atoms with Crippen molar-refractivity contribution in [2.45, 2.75) is 32.4 Å². The Hall–Kier alpha value is -4.00. The van der Waals surface area contributed by atoms with E-state index in [0.29, 0.717) is 40.3 Å². The predicted octanol–water partition coefficient (Wildman–Crippen LogP) is 7.36. The Morgan fingerprint density at radius 3 is 1.83 bits per heavy atom. The molecular formula is C28H25F3O4. The summed E-state index contributed by atoms with van der Waals surface area (Å²) in [5.41, 5.74) is 1.93. The lowest BCUT2D eigenvalue weighted by Gasteiger charge is -2.20. The minimum absolute atomic E-state index is 0.0582. The lowest BCUT2D eigenvalue weighted by Crippen LogP contribution is -2.09. The van der Waals surface area contributed by atoms with E-state index in [2.05, 4.69) is 0 Å². The number of aliphatic carboxylic acids is 1. The van der Waals surface area contributed by atoms with Crippen LogP contribution in [0.1, 0.15) is 54.0 Å². The van der Waals surface area contributed by atoms with Crippen LogP contribution in [-0.4, -0.2) is 21.3 Å². The Balaban J connectivity index is 2.33. The third-order valence-electron chi connectivity index (χ3n) is 5.51. The van der Waals surface area contributed by atoms with E-state index < -0.39 is 17.7 Å². The van der Waals surface area contributed by atoms with E-state index >= 15 is 0 Å². The van der Waals surface area contributed by atoms with Gasteiger partial charge in [0.25, 0.3) is 0 Å². The van der Waals surface area contributed by atoms with E-state index in [1.54, 1.807) is 30.3 Å². The number of phenolic OH excluding ortho intramolecular Hbond substituents is 2. The Morgan fingerprint density at radius 2 is 1.37 bits per heavy atom. The van der Waals surface area contributed by atoms with Gasteiger partial charge in [0, 0.05) is 6.08 Å². The molecular weight excluding hydrogens is 457 g/mol. The summed E-state index contributed by atoms with van der Waals surface area (Å²) < 4.78 is 41.9. The zero-order valence-electron chi connectivity index (χ0n) is 19.0. The third kappa shape index (κ3) is 6.53. The minimum Gasteiger partial charge on any atom is -0.508 e. The largest absolute Gasteiger partial charge is 0.508 e. The van der Waals surface area contributed by atoms with Gasteiger partial charge in [-0.05, 0) is 82.6 Å². The molecule has 0 aliphatic carbocycles. The highest BCUT2D eigenvalue weighted by Crippen LogP contribution is 2.40. The average molecular weight is 482 g/mol. The van der Waals surface area contributed by atoms with Crippen molar-refractivity contribution in [1.29, 1.82) is 0 Å². The SMILES string of the molecule is CCCCC(=C(c1ccc(O)cc1)c1ccc(O)cc1)c1ccc(/C=C/C(=O)O)c(C(F)(F)F)c1. The van der Waals surface area contributed by atoms with Crippen LogP contribution < -0.4 is 0 Å². The predicted molar refractivity (Wildman–Crippen MR) is 130 cm³/mol. The molecule has 0 heterocycles. The molecule has 182 valence electrons. The van der Waals surface area contributed by atoms with Gasteiger partial charge in [-0.15, -0.1) is 0 Å². The summed E-state index contributed by atoms with van der Waals surface area (Å²) in [5.74, 6) is -1.22. The zero-order chi connectivity index (χ0) is 25.6. The first kappa shape index (κ1) is 25.6. The second-order valence-electron chi connectivity index (χ2n) is 8.02. The fourth-order valence-electron chi connectivity index (χ4n) is 3.83. The highest BCUT2D eigenvalue weighted by atomic mass is 19.4. The van der Waals surface area contributed by atoms with E-state index in [-0.39, 0.29) is 17.1 Å². The van der Waals surface area contributed by atoms with Crippen LogP contribution in [0.15, 0.2) is 72.8 Å². The molecule has 7 heteroatoms. The van der Waals surface area contributed by atoms with Gasteiger partial charge in [0.1, 0.15) is 11.5 Å². The second kappa shape index (κ2) is 11.0. The van der Waals surface area contributed by atoms with Crippen molar-refractivity contribution < 1.29 is 33.3 Å². The van der Waals surface area contributed by atoms with Crippen LogP contribution in [0.4, 0.5) is 13.2 Å². The summed E-state index contributed by atoms with van der Waals surface area (Å²) in [6.45, 7) is 1.99. The van der Waals surface area contributed by atoms with E-state index in [1.165, 1.54) is 30.3 Å². The first-order chi connectivity index (χ1) is 16.6. The highest BCUT2D eigenvalue weighted by molar-refractivity contribution is 5.99. The van der Waals surface area contributed by atoms with E-state index in [0.717, 1.165) is 25.0 Å². The molecule has 0 radical (unpaired) electrons. The highest BCUT2D eigenvalue weighted by Gasteiger charge is 2.33. The zero-order valence-corrected chi connectivity index (χ0v) is 19.0. The number of unbranched alkanes of at least 4 members (excludes halogenated alkanes) is 1. The summed E-state index contributed by atoms with van der Waals surface area (Å²) >= 11 is 0. The molecule has 0 saturated carbocycles. The maximum Gasteiger partial charge on any atom is 0.417 e. The Kier molecular flexibility index (Phi) is 8.02. The molecule has 0 aliphatic heterocycles. The van der Waals surface area contributed by atoms with Crippen molar-refractivity contribution in [3.05, 3.63) is 101 Å². The van der Waals surface area contributed by atoms with Crippen molar-refractivity contribution in [1.82, 2.24) is 0 Å². The molecule has 0 bridgehead atoms. The van der Waals surface area contributed by atoms with Gasteiger partial charge in [-0.3, -0.25) is 0 Å². The normalized spacial score (nSPS) is 11.5. The number of allylic oxidation sites excluding steroid dienone is 1. The quantitative estimate of drug-likeness (QED) is 0.231. The number of carbonyl (C=O) groups is 1. The molecule has 4 nitrogen and oxygen atoms in total. The first-order valence-corrected chi connectivity index (χ1v) is 11.0. The number of rotatable bonds is 8. The Morgan fingerprint density at radius 1 is 0.857 bits per heavy atom. The van der Waals surface area contributed by atoms with Crippen LogP contribution >= 0.6 is 0 Å². The first-order valence-electron chi connectivity index (χ1n) is 11.0. The molecule has 0 aliphatic rings. The molecule has 35 heavy (non-hydrogen) atoms. The minimum atomic E-state index is -4.69. The molecule has 3 N–H and O–H groups in total. The number of phenols is 2. The van der Waals surface area contributed by atoms with Crippen LogP contribution in [-0.2, 0) is 11.0 Å². The van der Waals surface area contributed by atoms with Gasteiger partial charge < -0.3 is 15.3 Å². The summed E-state index contributed by atoms with van der Waals surface area (Å²) in [6, 6.07) is 16.7. The molecule has 0 aromatic heterocycles. The Bertz CT molecular complexity index is 1190. The summed E-state index contributed by atoms with van der Waals surface area (Å²) in [5, 5.41) is 28.4. The number of hydrogen-bond donors (Lipinski definition) is 3. The van der Waals surface area contributed by atoms with Gasteiger partial charge in [0.2, 0.25) is 0 Å². The topological polar surface area (TPSA) is 77.8 Å². The number of benzene rings is 3. The molecule has 0 atom stereocenters. The molecule has 3 rings (SSSR count). The van der Waals surface area contributed by atoms with Crippen molar-refractivity contribution in [2.75, 3.05) is 0 Å². The molecule has 0 fully saturated rings. The molecule has 0 amide bonds. The smallest absolute Gasteiger partial charge is 0.417 e. The van der Waals surface area contributed by atoms with Crippen LogP contribution in [0.5, 0.6) is 11.5 Å². The molecule has 3 aromatic carbocycles. The van der Waals surface area contributed by atoms with Crippen LogP contribution in [0.25, 0.3) is 17.2 Å². The van der Waals surface area contributed by atoms with Crippen LogP contribution in [0.3, 0.4) is 0 Å². The standard InChI is InChI=1S/C28H25F3O4/c1-2-3-4-24(21-6-5-18(11-16-26(34)35)25(17-21)28(29,30)31)27(19-7-12-22(32)13-8-19)20-9-14-23(33)15-10-20/h5-17,32-33H,2-4H2,1H3,(H,34,35)/b16-11+. The third-order valence-corrected chi connectivity index (χ3v) is 5.51. The van der Waals surface area contributed by atoms with Crippen LogP contribution in [0, 0.1) is 0 Å².